The van der Waals surface area contributed by atoms with Gasteiger partial charge in [0.05, 0.1) is 12.7 Å². The number of rotatable bonds is 11. The lowest BCUT2D eigenvalue weighted by molar-refractivity contribution is -0.124. The van der Waals surface area contributed by atoms with Gasteiger partial charge in [-0.05, 0) is 36.5 Å². The van der Waals surface area contributed by atoms with Crippen LogP contribution in [0.3, 0.4) is 0 Å². The van der Waals surface area contributed by atoms with Gasteiger partial charge in [0.15, 0.2) is 0 Å². The second-order valence-electron chi connectivity index (χ2n) is 7.97. The molecule has 2 rings (SSSR count). The molecule has 0 heterocycles. The molecule has 0 fully saturated rings. The summed E-state index contributed by atoms with van der Waals surface area (Å²) in [5.41, 5.74) is 2.93. The predicted molar refractivity (Wildman–Crippen MR) is 121 cm³/mol. The van der Waals surface area contributed by atoms with Crippen molar-refractivity contribution in [1.29, 1.82) is 0 Å². The maximum Gasteiger partial charge on any atom is 0.408 e. The van der Waals surface area contributed by atoms with Crippen LogP contribution in [0.4, 0.5) is 4.79 Å². The van der Waals surface area contributed by atoms with Crippen molar-refractivity contribution in [1.82, 2.24) is 10.6 Å². The minimum absolute atomic E-state index is 0.0324. The molecule has 6 heteroatoms. The molecule has 2 atom stereocenters. The van der Waals surface area contributed by atoms with Crippen molar-refractivity contribution in [3.8, 4) is 0 Å². The van der Waals surface area contributed by atoms with E-state index in [1.54, 1.807) is 0 Å². The molecule has 2 aromatic rings. The van der Waals surface area contributed by atoms with Crippen molar-refractivity contribution in [2.75, 3.05) is 0 Å². The van der Waals surface area contributed by atoms with Crippen molar-refractivity contribution in [2.45, 2.75) is 66.0 Å². The van der Waals surface area contributed by atoms with Crippen LogP contribution in [0.25, 0.3) is 0 Å². The lowest BCUT2D eigenvalue weighted by Crippen LogP contribution is -2.50. The number of benzene rings is 2. The Labute approximate surface area is 185 Å². The molecule has 0 unspecified atom stereocenters. The number of nitrogens with one attached hydrogen (secondary N) is 2. The third-order valence-electron chi connectivity index (χ3n) is 5.02. The van der Waals surface area contributed by atoms with Gasteiger partial charge in [0.1, 0.15) is 12.6 Å². The van der Waals surface area contributed by atoms with Crippen LogP contribution >= 0.6 is 0 Å². The number of ether oxygens (including phenoxy) is 2. The minimum Gasteiger partial charge on any atom is -0.445 e. The molecule has 31 heavy (non-hydrogen) atoms. The molecule has 6 nitrogen and oxygen atoms in total. The summed E-state index contributed by atoms with van der Waals surface area (Å²) in [7, 11) is 0. The van der Waals surface area contributed by atoms with E-state index in [2.05, 4.69) is 10.6 Å². The molecule has 2 N–H and O–H groups in total. The van der Waals surface area contributed by atoms with Crippen LogP contribution in [0.1, 0.15) is 50.8 Å². The van der Waals surface area contributed by atoms with E-state index >= 15 is 0 Å². The number of hydrogen-bond acceptors (Lipinski definition) is 4. The standard InChI is InChI=1S/C25H34N2O4/c1-5-19(4)23(27-25(29)31-16-20-10-7-6-8-11-20)24(28)26-15-21-12-9-13-22(14-21)17-30-18(2)3/h6-14,18-19,23H,5,15-17H2,1-4H3,(H,26,28)(H,27,29)/t19-,23-/m0/s1. The van der Waals surface area contributed by atoms with Crippen molar-refractivity contribution >= 4 is 12.0 Å². The van der Waals surface area contributed by atoms with Gasteiger partial charge in [-0.2, -0.15) is 0 Å². The molecule has 0 aromatic heterocycles. The van der Waals surface area contributed by atoms with E-state index in [1.807, 2.05) is 82.3 Å². The van der Waals surface area contributed by atoms with Crippen LogP contribution in [0.15, 0.2) is 54.6 Å². The van der Waals surface area contributed by atoms with Gasteiger partial charge in [0.25, 0.3) is 0 Å². The van der Waals surface area contributed by atoms with Gasteiger partial charge in [0, 0.05) is 6.54 Å². The fourth-order valence-electron chi connectivity index (χ4n) is 2.99. The van der Waals surface area contributed by atoms with Crippen LogP contribution in [-0.4, -0.2) is 24.1 Å². The Morgan fingerprint density at radius 2 is 1.58 bits per heavy atom. The minimum atomic E-state index is -0.666. The smallest absolute Gasteiger partial charge is 0.408 e. The summed E-state index contributed by atoms with van der Waals surface area (Å²) in [6.07, 6.45) is 0.309. The number of amides is 2. The van der Waals surface area contributed by atoms with Crippen molar-refractivity contribution < 1.29 is 19.1 Å². The number of hydrogen-bond donors (Lipinski definition) is 2. The lowest BCUT2D eigenvalue weighted by atomic mass is 9.98. The first-order valence-electron chi connectivity index (χ1n) is 10.8. The molecular weight excluding hydrogens is 392 g/mol. The fourth-order valence-corrected chi connectivity index (χ4v) is 2.99. The topological polar surface area (TPSA) is 76.7 Å². The van der Waals surface area contributed by atoms with E-state index in [1.165, 1.54) is 0 Å². The third kappa shape index (κ3) is 8.80. The molecule has 168 valence electrons. The highest BCUT2D eigenvalue weighted by molar-refractivity contribution is 5.85. The average molecular weight is 427 g/mol. The van der Waals surface area contributed by atoms with E-state index in [4.69, 9.17) is 9.47 Å². The van der Waals surface area contributed by atoms with Crippen molar-refractivity contribution in [3.05, 3.63) is 71.3 Å². The molecule has 2 aromatic carbocycles. The summed E-state index contributed by atoms with van der Waals surface area (Å²) >= 11 is 0. The number of carbonyl (C=O) groups is 2. The van der Waals surface area contributed by atoms with Gasteiger partial charge in [-0.15, -0.1) is 0 Å². The highest BCUT2D eigenvalue weighted by Gasteiger charge is 2.26. The Balaban J connectivity index is 1.90. The number of carbonyl (C=O) groups excluding carboxylic acids is 2. The first kappa shape index (κ1) is 24.4. The summed E-state index contributed by atoms with van der Waals surface area (Å²) in [6, 6.07) is 16.7. The molecule has 0 bridgehead atoms. The SMILES string of the molecule is CC[C@H](C)[C@H](NC(=O)OCc1ccccc1)C(=O)NCc1cccc(COC(C)C)c1. The predicted octanol–water partition coefficient (Wildman–Crippen LogP) is 4.57. The summed E-state index contributed by atoms with van der Waals surface area (Å²) in [5.74, 6) is -0.259. The Kier molecular flexibility index (Phi) is 10.0. The van der Waals surface area contributed by atoms with E-state index < -0.39 is 12.1 Å². The van der Waals surface area contributed by atoms with Gasteiger partial charge in [0.2, 0.25) is 5.91 Å². The molecule has 0 aliphatic rings. The third-order valence-corrected chi connectivity index (χ3v) is 5.02. The first-order chi connectivity index (χ1) is 14.9. The zero-order valence-electron chi connectivity index (χ0n) is 18.9. The van der Waals surface area contributed by atoms with Crippen molar-refractivity contribution in [3.63, 3.8) is 0 Å². The van der Waals surface area contributed by atoms with E-state index in [0.717, 1.165) is 23.1 Å². The second kappa shape index (κ2) is 12.7. The molecule has 0 aliphatic heterocycles. The van der Waals surface area contributed by atoms with E-state index in [0.29, 0.717) is 13.2 Å². The maximum absolute atomic E-state index is 12.8. The van der Waals surface area contributed by atoms with Gasteiger partial charge >= 0.3 is 6.09 Å². The molecule has 0 saturated heterocycles. The first-order valence-corrected chi connectivity index (χ1v) is 10.8. The Bertz CT molecular complexity index is 823. The molecule has 0 spiro atoms. The second-order valence-corrected chi connectivity index (χ2v) is 7.97. The van der Waals surface area contributed by atoms with Gasteiger partial charge in [-0.1, -0.05) is 74.9 Å². The van der Waals surface area contributed by atoms with Crippen molar-refractivity contribution in [2.24, 2.45) is 5.92 Å². The molecule has 2 amide bonds. The van der Waals surface area contributed by atoms with Crippen LogP contribution in [0.2, 0.25) is 0 Å². The summed E-state index contributed by atoms with van der Waals surface area (Å²) in [5, 5.41) is 5.66. The number of alkyl carbamates (subject to hydrolysis) is 1. The molecule has 0 aliphatic carbocycles. The summed E-state index contributed by atoms with van der Waals surface area (Å²) in [6.45, 7) is 8.98. The van der Waals surface area contributed by atoms with E-state index in [-0.39, 0.29) is 24.5 Å². The zero-order chi connectivity index (χ0) is 22.6. The molecule has 0 saturated carbocycles. The fraction of sp³-hybridized carbons (Fsp3) is 0.440. The summed E-state index contributed by atoms with van der Waals surface area (Å²) in [4.78, 5) is 25.1. The van der Waals surface area contributed by atoms with E-state index in [9.17, 15) is 9.59 Å². The maximum atomic E-state index is 12.8. The quantitative estimate of drug-likeness (QED) is 0.552. The average Bonchev–Trinajstić information content (AvgIpc) is 2.78. The van der Waals surface area contributed by atoms with Gasteiger partial charge < -0.3 is 20.1 Å². The van der Waals surface area contributed by atoms with Gasteiger partial charge in [-0.25, -0.2) is 4.79 Å². The highest BCUT2D eigenvalue weighted by atomic mass is 16.5. The monoisotopic (exact) mass is 426 g/mol. The largest absolute Gasteiger partial charge is 0.445 e. The molecule has 0 radical (unpaired) electrons. The van der Waals surface area contributed by atoms with Crippen LogP contribution in [0.5, 0.6) is 0 Å². The Hall–Kier alpha value is -2.86. The van der Waals surface area contributed by atoms with Crippen LogP contribution in [-0.2, 0) is 34.0 Å². The Morgan fingerprint density at radius 3 is 2.26 bits per heavy atom. The zero-order valence-corrected chi connectivity index (χ0v) is 18.9. The van der Waals surface area contributed by atoms with Crippen LogP contribution < -0.4 is 10.6 Å². The normalized spacial score (nSPS) is 12.8. The van der Waals surface area contributed by atoms with Gasteiger partial charge in [-0.3, -0.25) is 4.79 Å². The summed E-state index contributed by atoms with van der Waals surface area (Å²) < 4.78 is 10.9. The lowest BCUT2D eigenvalue weighted by Gasteiger charge is -2.23. The van der Waals surface area contributed by atoms with Crippen LogP contribution in [0, 0.1) is 5.92 Å². The molecular formula is C25H34N2O4. The Morgan fingerprint density at radius 1 is 0.903 bits per heavy atom. The highest BCUT2D eigenvalue weighted by Crippen LogP contribution is 2.11.